The second-order valence-corrected chi connectivity index (χ2v) is 8.96. The minimum Gasteiger partial charge on any atom is -0.492 e. The zero-order valence-corrected chi connectivity index (χ0v) is 15.6. The highest BCUT2D eigenvalue weighted by Crippen LogP contribution is 2.18. The number of ether oxygens (including phenoxy) is 1. The topological polar surface area (TPSA) is 75.7 Å². The quantitative estimate of drug-likeness (QED) is 0.702. The van der Waals surface area contributed by atoms with Crippen molar-refractivity contribution >= 4 is 38.9 Å². The number of carbonyl (C=O) groups excluding carboxylic acids is 1. The summed E-state index contributed by atoms with van der Waals surface area (Å²) in [4.78, 5) is 13.8. The molecule has 0 spiro atoms. The molecule has 1 aromatic carbocycles. The van der Waals surface area contributed by atoms with E-state index in [4.69, 9.17) is 27.9 Å². The number of carbonyl (C=O) groups is 1. The van der Waals surface area contributed by atoms with Crippen molar-refractivity contribution in [3.8, 4) is 5.75 Å². The van der Waals surface area contributed by atoms with Crippen LogP contribution in [-0.2, 0) is 14.6 Å². The molecule has 1 fully saturated rings. The summed E-state index contributed by atoms with van der Waals surface area (Å²) in [5.41, 5.74) is 0. The summed E-state index contributed by atoms with van der Waals surface area (Å²) in [6.07, 6.45) is 0. The lowest BCUT2D eigenvalue weighted by atomic mass is 10.2. The average Bonchev–Trinajstić information content (AvgIpc) is 2.73. The molecule has 1 amide bonds. The Hall–Kier alpha value is -1.02. The number of sulfone groups is 1. The minimum absolute atomic E-state index is 0.0930. The van der Waals surface area contributed by atoms with E-state index >= 15 is 0 Å². The summed E-state index contributed by atoms with van der Waals surface area (Å²) >= 11 is 11.8. The second kappa shape index (κ2) is 8.38. The Kier molecular flexibility index (Phi) is 6.74. The number of nitrogens with zero attached hydrogens (tertiary/aromatic N) is 1. The van der Waals surface area contributed by atoms with Gasteiger partial charge in [0.15, 0.2) is 9.84 Å². The number of rotatable bonds is 7. The first-order valence-corrected chi connectivity index (χ1v) is 10.1. The van der Waals surface area contributed by atoms with Gasteiger partial charge in [-0.1, -0.05) is 11.6 Å². The lowest BCUT2D eigenvalue weighted by Crippen LogP contribution is -2.45. The molecule has 24 heavy (non-hydrogen) atoms. The highest BCUT2D eigenvalue weighted by molar-refractivity contribution is 7.91. The molecular weight excluding hydrogens is 375 g/mol. The van der Waals surface area contributed by atoms with E-state index in [2.05, 4.69) is 5.32 Å². The van der Waals surface area contributed by atoms with Crippen LogP contribution in [0.15, 0.2) is 24.3 Å². The Balaban J connectivity index is 1.69. The van der Waals surface area contributed by atoms with E-state index in [1.54, 1.807) is 36.2 Å². The molecule has 9 heteroatoms. The van der Waals surface area contributed by atoms with E-state index < -0.39 is 21.3 Å². The fourth-order valence-electron chi connectivity index (χ4n) is 2.36. The normalized spacial score (nSPS) is 22.5. The van der Waals surface area contributed by atoms with Gasteiger partial charge in [0.2, 0.25) is 5.91 Å². The van der Waals surface area contributed by atoms with Crippen LogP contribution in [0.4, 0.5) is 0 Å². The van der Waals surface area contributed by atoms with Crippen molar-refractivity contribution < 1.29 is 17.9 Å². The Morgan fingerprint density at radius 1 is 1.33 bits per heavy atom. The molecule has 1 aliphatic heterocycles. The number of amides is 1. The number of benzene rings is 1. The van der Waals surface area contributed by atoms with Crippen LogP contribution in [-0.4, -0.2) is 68.9 Å². The lowest BCUT2D eigenvalue weighted by Gasteiger charge is -2.19. The molecule has 1 aliphatic rings. The zero-order valence-electron chi connectivity index (χ0n) is 13.2. The van der Waals surface area contributed by atoms with Gasteiger partial charge in [-0.3, -0.25) is 9.69 Å². The standard InChI is InChI=1S/C15H20Cl2N2O4S/c1-19(6-7-23-12-4-2-11(16)3-5-12)8-15(20)18-14-10-24(21,22)9-13(14)17/h2-5,13-14H,6-10H2,1H3,(H,18,20)/t13-,14-/m0/s1. The second-order valence-electron chi connectivity index (χ2n) is 5.81. The number of likely N-dealkylation sites (N-methyl/N-ethyl adjacent to an activating group) is 1. The summed E-state index contributed by atoms with van der Waals surface area (Å²) in [7, 11) is -1.37. The predicted molar refractivity (Wildman–Crippen MR) is 94.7 cm³/mol. The molecule has 1 saturated heterocycles. The van der Waals surface area contributed by atoms with Gasteiger partial charge in [-0.25, -0.2) is 8.42 Å². The maximum atomic E-state index is 12.0. The summed E-state index contributed by atoms with van der Waals surface area (Å²) in [6.45, 7) is 1.11. The molecular formula is C15H20Cl2N2O4S. The van der Waals surface area contributed by atoms with Gasteiger partial charge in [0.25, 0.3) is 0 Å². The number of nitrogens with one attached hydrogen (secondary N) is 1. The molecule has 134 valence electrons. The van der Waals surface area contributed by atoms with Gasteiger partial charge in [-0.15, -0.1) is 11.6 Å². The Labute approximate surface area is 152 Å². The summed E-state index contributed by atoms with van der Waals surface area (Å²) in [5, 5.41) is 2.75. The molecule has 2 rings (SSSR count). The number of hydrogen-bond donors (Lipinski definition) is 1. The van der Waals surface area contributed by atoms with E-state index in [0.29, 0.717) is 23.9 Å². The van der Waals surface area contributed by atoms with Gasteiger partial charge in [0.05, 0.1) is 29.5 Å². The van der Waals surface area contributed by atoms with Gasteiger partial charge >= 0.3 is 0 Å². The minimum atomic E-state index is -3.16. The zero-order chi connectivity index (χ0) is 17.7. The van der Waals surface area contributed by atoms with E-state index in [-0.39, 0.29) is 24.0 Å². The molecule has 0 aliphatic carbocycles. The van der Waals surface area contributed by atoms with Crippen molar-refractivity contribution in [1.29, 1.82) is 0 Å². The van der Waals surface area contributed by atoms with Gasteiger partial charge < -0.3 is 10.1 Å². The van der Waals surface area contributed by atoms with E-state index in [0.717, 1.165) is 0 Å². The van der Waals surface area contributed by atoms with Crippen LogP contribution in [0.25, 0.3) is 0 Å². The highest BCUT2D eigenvalue weighted by Gasteiger charge is 2.37. The molecule has 0 saturated carbocycles. The van der Waals surface area contributed by atoms with Crippen molar-refractivity contribution in [2.24, 2.45) is 0 Å². The largest absolute Gasteiger partial charge is 0.492 e. The lowest BCUT2D eigenvalue weighted by molar-refractivity contribution is -0.122. The number of halogens is 2. The van der Waals surface area contributed by atoms with Crippen LogP contribution in [0.1, 0.15) is 0 Å². The Morgan fingerprint density at radius 2 is 2.00 bits per heavy atom. The third kappa shape index (κ3) is 6.12. The SMILES string of the molecule is CN(CCOc1ccc(Cl)cc1)CC(=O)N[C@H]1CS(=O)(=O)C[C@@H]1Cl. The predicted octanol–water partition coefficient (Wildman–Crippen LogP) is 1.17. The van der Waals surface area contributed by atoms with Gasteiger partial charge in [-0.2, -0.15) is 0 Å². The summed E-state index contributed by atoms with van der Waals surface area (Å²) in [5.74, 6) is 0.260. The Morgan fingerprint density at radius 3 is 2.58 bits per heavy atom. The van der Waals surface area contributed by atoms with Gasteiger partial charge in [0.1, 0.15) is 12.4 Å². The van der Waals surface area contributed by atoms with Crippen LogP contribution in [0.3, 0.4) is 0 Å². The third-order valence-corrected chi connectivity index (χ3v) is 6.23. The van der Waals surface area contributed by atoms with Crippen molar-refractivity contribution in [2.45, 2.75) is 11.4 Å². The van der Waals surface area contributed by atoms with E-state index in [1.807, 2.05) is 0 Å². The molecule has 0 aromatic heterocycles. The third-order valence-electron chi connectivity index (χ3n) is 3.60. The molecule has 1 heterocycles. The molecule has 0 bridgehead atoms. The molecule has 1 aromatic rings. The summed E-state index contributed by atoms with van der Waals surface area (Å²) < 4.78 is 28.5. The first kappa shape index (κ1) is 19.3. The maximum Gasteiger partial charge on any atom is 0.234 e. The van der Waals surface area contributed by atoms with Crippen LogP contribution < -0.4 is 10.1 Å². The first-order valence-electron chi connectivity index (χ1n) is 7.46. The molecule has 6 nitrogen and oxygen atoms in total. The van der Waals surface area contributed by atoms with Crippen molar-refractivity contribution in [3.05, 3.63) is 29.3 Å². The fraction of sp³-hybridized carbons (Fsp3) is 0.533. The maximum absolute atomic E-state index is 12.0. The first-order chi connectivity index (χ1) is 11.2. The van der Waals surface area contributed by atoms with Crippen LogP contribution in [0.2, 0.25) is 5.02 Å². The smallest absolute Gasteiger partial charge is 0.234 e. The monoisotopic (exact) mass is 394 g/mol. The van der Waals surface area contributed by atoms with Crippen LogP contribution >= 0.6 is 23.2 Å². The molecule has 0 radical (unpaired) electrons. The van der Waals surface area contributed by atoms with Gasteiger partial charge in [-0.05, 0) is 31.3 Å². The fourth-order valence-corrected chi connectivity index (χ4v) is 5.04. The Bertz CT molecular complexity index is 667. The number of hydrogen-bond acceptors (Lipinski definition) is 5. The van der Waals surface area contributed by atoms with E-state index in [9.17, 15) is 13.2 Å². The number of alkyl halides is 1. The van der Waals surface area contributed by atoms with Gasteiger partial charge in [0, 0.05) is 11.6 Å². The molecule has 0 unspecified atom stereocenters. The van der Waals surface area contributed by atoms with Crippen molar-refractivity contribution in [1.82, 2.24) is 10.2 Å². The molecule has 2 atom stereocenters. The van der Waals surface area contributed by atoms with E-state index in [1.165, 1.54) is 0 Å². The average molecular weight is 395 g/mol. The van der Waals surface area contributed by atoms with Crippen molar-refractivity contribution in [3.63, 3.8) is 0 Å². The van der Waals surface area contributed by atoms with Crippen molar-refractivity contribution in [2.75, 3.05) is 38.2 Å². The highest BCUT2D eigenvalue weighted by atomic mass is 35.5. The summed E-state index contributed by atoms with van der Waals surface area (Å²) in [6, 6.07) is 6.51. The van der Waals surface area contributed by atoms with Crippen LogP contribution in [0, 0.1) is 0 Å². The van der Waals surface area contributed by atoms with Crippen LogP contribution in [0.5, 0.6) is 5.75 Å². The molecule has 1 N–H and O–H groups in total.